The average molecular weight is 252 g/mol. The standard InChI is InChI=1S/C13H20N2O3/c1-2-3-9-18-12-6-4-5-11(10-12)7-8-15(17)13(14)16/h4-6,10,17H,2-3,7-9H2,1H3,(H2,14,16). The van der Waals surface area contributed by atoms with Crippen molar-refractivity contribution in [2.24, 2.45) is 5.73 Å². The molecular formula is C13H20N2O3. The normalized spacial score (nSPS) is 10.1. The average Bonchev–Trinajstić information content (AvgIpc) is 2.36. The van der Waals surface area contributed by atoms with E-state index in [1.807, 2.05) is 24.3 Å². The first kappa shape index (κ1) is 14.3. The number of carbonyl (C=O) groups is 1. The number of urea groups is 1. The van der Waals surface area contributed by atoms with Gasteiger partial charge < -0.3 is 10.5 Å². The van der Waals surface area contributed by atoms with Gasteiger partial charge in [0.2, 0.25) is 0 Å². The number of rotatable bonds is 7. The minimum atomic E-state index is -0.842. The van der Waals surface area contributed by atoms with Crippen LogP contribution in [0.1, 0.15) is 25.3 Å². The SMILES string of the molecule is CCCCOc1cccc(CCN(O)C(N)=O)c1. The molecule has 5 heteroatoms. The lowest BCUT2D eigenvalue weighted by atomic mass is 10.1. The summed E-state index contributed by atoms with van der Waals surface area (Å²) in [4.78, 5) is 10.6. The van der Waals surface area contributed by atoms with Crippen molar-refractivity contribution in [1.29, 1.82) is 0 Å². The van der Waals surface area contributed by atoms with Gasteiger partial charge in [-0.2, -0.15) is 0 Å². The van der Waals surface area contributed by atoms with Gasteiger partial charge in [0, 0.05) is 0 Å². The third-order valence-electron chi connectivity index (χ3n) is 2.53. The molecule has 2 amide bonds. The zero-order chi connectivity index (χ0) is 13.4. The predicted molar refractivity (Wildman–Crippen MR) is 68.6 cm³/mol. The fourth-order valence-corrected chi connectivity index (χ4v) is 1.47. The molecule has 1 aromatic rings. The molecule has 1 aromatic carbocycles. The number of ether oxygens (including phenoxy) is 1. The van der Waals surface area contributed by atoms with E-state index in [0.717, 1.165) is 24.2 Å². The van der Waals surface area contributed by atoms with E-state index in [4.69, 9.17) is 15.7 Å². The minimum Gasteiger partial charge on any atom is -0.494 e. The van der Waals surface area contributed by atoms with E-state index in [9.17, 15) is 4.79 Å². The van der Waals surface area contributed by atoms with E-state index in [2.05, 4.69) is 6.92 Å². The van der Waals surface area contributed by atoms with Crippen molar-refractivity contribution >= 4 is 6.03 Å². The second-order valence-electron chi connectivity index (χ2n) is 4.06. The van der Waals surface area contributed by atoms with Gasteiger partial charge in [0.1, 0.15) is 5.75 Å². The van der Waals surface area contributed by atoms with Crippen LogP contribution in [0.3, 0.4) is 0 Å². The molecule has 100 valence electrons. The number of hydrogen-bond donors (Lipinski definition) is 2. The molecule has 0 aromatic heterocycles. The molecule has 0 atom stereocenters. The summed E-state index contributed by atoms with van der Waals surface area (Å²) >= 11 is 0. The van der Waals surface area contributed by atoms with Crippen LogP contribution in [-0.4, -0.2) is 29.5 Å². The second-order valence-corrected chi connectivity index (χ2v) is 4.06. The molecule has 0 saturated heterocycles. The number of hydroxylamine groups is 2. The van der Waals surface area contributed by atoms with Crippen LogP contribution >= 0.6 is 0 Å². The summed E-state index contributed by atoms with van der Waals surface area (Å²) in [5.41, 5.74) is 5.91. The first-order valence-corrected chi connectivity index (χ1v) is 6.11. The highest BCUT2D eigenvalue weighted by Crippen LogP contribution is 2.14. The molecular weight excluding hydrogens is 232 g/mol. The number of nitrogens with zero attached hydrogens (tertiary/aromatic N) is 1. The van der Waals surface area contributed by atoms with Gasteiger partial charge in [0.25, 0.3) is 0 Å². The topological polar surface area (TPSA) is 75.8 Å². The highest BCUT2D eigenvalue weighted by molar-refractivity contribution is 5.70. The molecule has 0 aliphatic rings. The van der Waals surface area contributed by atoms with E-state index in [-0.39, 0.29) is 6.54 Å². The molecule has 0 bridgehead atoms. The van der Waals surface area contributed by atoms with Crippen LogP contribution in [0, 0.1) is 0 Å². The van der Waals surface area contributed by atoms with Crippen molar-refractivity contribution in [3.63, 3.8) is 0 Å². The van der Waals surface area contributed by atoms with E-state index in [1.54, 1.807) is 0 Å². The fourth-order valence-electron chi connectivity index (χ4n) is 1.47. The first-order chi connectivity index (χ1) is 8.63. The third kappa shape index (κ3) is 5.05. The summed E-state index contributed by atoms with van der Waals surface area (Å²) in [7, 11) is 0. The van der Waals surface area contributed by atoms with Gasteiger partial charge in [0.15, 0.2) is 0 Å². The number of carbonyl (C=O) groups excluding carboxylic acids is 1. The Morgan fingerprint density at radius 2 is 2.28 bits per heavy atom. The molecule has 0 aliphatic carbocycles. The van der Waals surface area contributed by atoms with Crippen LogP contribution < -0.4 is 10.5 Å². The van der Waals surface area contributed by atoms with Gasteiger partial charge in [-0.25, -0.2) is 9.86 Å². The molecule has 18 heavy (non-hydrogen) atoms. The lowest BCUT2D eigenvalue weighted by molar-refractivity contribution is -0.0382. The summed E-state index contributed by atoms with van der Waals surface area (Å²) in [6, 6.07) is 6.77. The Morgan fingerprint density at radius 3 is 2.94 bits per heavy atom. The number of unbranched alkanes of at least 4 members (excludes halogenated alkanes) is 1. The Labute approximate surface area is 107 Å². The highest BCUT2D eigenvalue weighted by Gasteiger charge is 2.05. The molecule has 0 heterocycles. The van der Waals surface area contributed by atoms with Gasteiger partial charge >= 0.3 is 6.03 Å². The molecule has 5 nitrogen and oxygen atoms in total. The summed E-state index contributed by atoms with van der Waals surface area (Å²) in [6.07, 6.45) is 2.65. The van der Waals surface area contributed by atoms with Crippen molar-refractivity contribution in [1.82, 2.24) is 5.06 Å². The van der Waals surface area contributed by atoms with E-state index < -0.39 is 6.03 Å². The first-order valence-electron chi connectivity index (χ1n) is 6.11. The molecule has 3 N–H and O–H groups in total. The Bertz CT molecular complexity index is 382. The van der Waals surface area contributed by atoms with Crippen molar-refractivity contribution in [3.05, 3.63) is 29.8 Å². The molecule has 0 spiro atoms. The maximum absolute atomic E-state index is 10.6. The Kier molecular flexibility index (Phi) is 6.00. The van der Waals surface area contributed by atoms with Crippen molar-refractivity contribution in [2.75, 3.05) is 13.2 Å². The van der Waals surface area contributed by atoms with Crippen LogP contribution in [0.25, 0.3) is 0 Å². The smallest absolute Gasteiger partial charge is 0.338 e. The summed E-state index contributed by atoms with van der Waals surface area (Å²) in [5.74, 6) is 0.810. The monoisotopic (exact) mass is 252 g/mol. The number of benzene rings is 1. The minimum absolute atomic E-state index is 0.174. The Hall–Kier alpha value is -1.75. The second kappa shape index (κ2) is 7.55. The molecule has 0 unspecified atom stereocenters. The number of primary amides is 1. The highest BCUT2D eigenvalue weighted by atomic mass is 16.5. The lowest BCUT2D eigenvalue weighted by Gasteiger charge is -2.12. The van der Waals surface area contributed by atoms with Crippen LogP contribution in [-0.2, 0) is 6.42 Å². The molecule has 1 rings (SSSR count). The number of amides is 2. The molecule has 0 radical (unpaired) electrons. The van der Waals surface area contributed by atoms with Crippen molar-refractivity contribution in [3.8, 4) is 5.75 Å². The van der Waals surface area contributed by atoms with Crippen molar-refractivity contribution in [2.45, 2.75) is 26.2 Å². The Morgan fingerprint density at radius 1 is 1.50 bits per heavy atom. The largest absolute Gasteiger partial charge is 0.494 e. The molecule has 0 saturated carbocycles. The Balaban J connectivity index is 2.46. The third-order valence-corrected chi connectivity index (χ3v) is 2.53. The zero-order valence-corrected chi connectivity index (χ0v) is 10.6. The summed E-state index contributed by atoms with van der Waals surface area (Å²) in [6.45, 7) is 2.99. The number of nitrogens with two attached hydrogens (primary N) is 1. The van der Waals surface area contributed by atoms with Crippen LogP contribution in [0.2, 0.25) is 0 Å². The fraction of sp³-hybridized carbons (Fsp3) is 0.462. The maximum atomic E-state index is 10.6. The predicted octanol–water partition coefficient (Wildman–Crippen LogP) is 2.18. The number of hydrogen-bond acceptors (Lipinski definition) is 3. The van der Waals surface area contributed by atoms with Crippen LogP contribution in [0.15, 0.2) is 24.3 Å². The quantitative estimate of drug-likeness (QED) is 0.443. The van der Waals surface area contributed by atoms with Gasteiger partial charge in [-0.3, -0.25) is 5.21 Å². The summed E-state index contributed by atoms with van der Waals surface area (Å²) in [5, 5.41) is 9.66. The lowest BCUT2D eigenvalue weighted by Crippen LogP contribution is -2.34. The maximum Gasteiger partial charge on any atom is 0.338 e. The van der Waals surface area contributed by atoms with E-state index in [1.165, 1.54) is 0 Å². The van der Waals surface area contributed by atoms with Crippen LogP contribution in [0.4, 0.5) is 4.79 Å². The van der Waals surface area contributed by atoms with Gasteiger partial charge in [0.05, 0.1) is 13.2 Å². The summed E-state index contributed by atoms with van der Waals surface area (Å²) < 4.78 is 5.57. The van der Waals surface area contributed by atoms with E-state index >= 15 is 0 Å². The van der Waals surface area contributed by atoms with Gasteiger partial charge in [-0.15, -0.1) is 0 Å². The van der Waals surface area contributed by atoms with Crippen LogP contribution in [0.5, 0.6) is 5.75 Å². The van der Waals surface area contributed by atoms with Gasteiger partial charge in [-0.1, -0.05) is 25.5 Å². The van der Waals surface area contributed by atoms with Crippen molar-refractivity contribution < 1.29 is 14.7 Å². The molecule has 0 fully saturated rings. The van der Waals surface area contributed by atoms with E-state index in [0.29, 0.717) is 18.1 Å². The van der Waals surface area contributed by atoms with Gasteiger partial charge in [-0.05, 0) is 30.5 Å². The molecule has 0 aliphatic heterocycles. The zero-order valence-electron chi connectivity index (χ0n) is 10.6.